The Labute approximate surface area is 96.0 Å². The Morgan fingerprint density at radius 2 is 2.38 bits per heavy atom. The van der Waals surface area contributed by atoms with Gasteiger partial charge in [-0.15, -0.1) is 0 Å². The minimum atomic E-state index is 0.0835. The van der Waals surface area contributed by atoms with E-state index in [1.165, 1.54) is 0 Å². The fraction of sp³-hybridized carbons (Fsp3) is 0.636. The molecule has 0 atom stereocenters. The van der Waals surface area contributed by atoms with Gasteiger partial charge in [0.2, 0.25) is 5.91 Å². The van der Waals surface area contributed by atoms with Gasteiger partial charge in [-0.05, 0) is 19.0 Å². The highest BCUT2D eigenvalue weighted by molar-refractivity contribution is 5.75. The number of nitrogens with zero attached hydrogens (tertiary/aromatic N) is 1. The summed E-state index contributed by atoms with van der Waals surface area (Å²) < 4.78 is 0. The SMILES string of the molecule is CC(C)NCCCC(=O)NCc1ccn[nH]1. The van der Waals surface area contributed by atoms with Crippen LogP contribution in [0.5, 0.6) is 0 Å². The monoisotopic (exact) mass is 224 g/mol. The number of hydrogen-bond donors (Lipinski definition) is 3. The standard InChI is InChI=1S/C11H20N4O/c1-9(2)12-6-3-4-11(16)13-8-10-5-7-14-15-10/h5,7,9,12H,3-4,6,8H2,1-2H3,(H,13,16)(H,14,15). The molecule has 1 heterocycles. The average molecular weight is 224 g/mol. The van der Waals surface area contributed by atoms with Crippen LogP contribution in [0.4, 0.5) is 0 Å². The van der Waals surface area contributed by atoms with Crippen molar-refractivity contribution < 1.29 is 4.79 Å². The van der Waals surface area contributed by atoms with Gasteiger partial charge >= 0.3 is 0 Å². The van der Waals surface area contributed by atoms with Crippen LogP contribution in [0, 0.1) is 0 Å². The van der Waals surface area contributed by atoms with Crippen LogP contribution in [0.3, 0.4) is 0 Å². The zero-order valence-electron chi connectivity index (χ0n) is 9.92. The van der Waals surface area contributed by atoms with Gasteiger partial charge in [0, 0.05) is 18.7 Å². The molecule has 5 nitrogen and oxygen atoms in total. The minimum absolute atomic E-state index is 0.0835. The lowest BCUT2D eigenvalue weighted by Gasteiger charge is -2.07. The maximum absolute atomic E-state index is 11.4. The number of aromatic amines is 1. The molecule has 0 aliphatic carbocycles. The predicted molar refractivity (Wildman–Crippen MR) is 62.8 cm³/mol. The first-order chi connectivity index (χ1) is 7.68. The van der Waals surface area contributed by atoms with Crippen molar-refractivity contribution >= 4 is 5.91 Å². The topological polar surface area (TPSA) is 69.8 Å². The van der Waals surface area contributed by atoms with Crippen LogP contribution in [0.15, 0.2) is 12.3 Å². The lowest BCUT2D eigenvalue weighted by Crippen LogP contribution is -2.27. The first kappa shape index (κ1) is 12.7. The van der Waals surface area contributed by atoms with Crippen molar-refractivity contribution in [3.63, 3.8) is 0 Å². The third kappa shape index (κ3) is 5.50. The van der Waals surface area contributed by atoms with Crippen molar-refractivity contribution in [2.75, 3.05) is 6.54 Å². The van der Waals surface area contributed by atoms with Gasteiger partial charge in [-0.2, -0.15) is 5.10 Å². The van der Waals surface area contributed by atoms with Gasteiger partial charge in [-0.3, -0.25) is 9.89 Å². The molecule has 1 aromatic rings. The molecule has 5 heteroatoms. The van der Waals surface area contributed by atoms with Crippen LogP contribution in [0.25, 0.3) is 0 Å². The van der Waals surface area contributed by atoms with Gasteiger partial charge in [0.15, 0.2) is 0 Å². The summed E-state index contributed by atoms with van der Waals surface area (Å²) in [6.45, 7) is 5.60. The largest absolute Gasteiger partial charge is 0.350 e. The van der Waals surface area contributed by atoms with E-state index in [0.717, 1.165) is 18.7 Å². The Kier molecular flexibility index (Phi) is 5.56. The first-order valence-electron chi connectivity index (χ1n) is 5.67. The number of H-pyrrole nitrogens is 1. The maximum atomic E-state index is 11.4. The quantitative estimate of drug-likeness (QED) is 0.600. The average Bonchev–Trinajstić information content (AvgIpc) is 2.74. The Hall–Kier alpha value is -1.36. The third-order valence-corrected chi connectivity index (χ3v) is 2.17. The Balaban J connectivity index is 2.03. The number of rotatable bonds is 7. The van der Waals surface area contributed by atoms with Crippen LogP contribution in [0.1, 0.15) is 32.4 Å². The molecule has 16 heavy (non-hydrogen) atoms. The van der Waals surface area contributed by atoms with Crippen LogP contribution >= 0.6 is 0 Å². The maximum Gasteiger partial charge on any atom is 0.220 e. The second-order valence-electron chi connectivity index (χ2n) is 4.07. The molecule has 0 spiro atoms. The summed E-state index contributed by atoms with van der Waals surface area (Å²) in [6.07, 6.45) is 3.11. The number of carbonyl (C=O) groups excluding carboxylic acids is 1. The Morgan fingerprint density at radius 1 is 1.56 bits per heavy atom. The molecule has 0 aromatic carbocycles. The lowest BCUT2D eigenvalue weighted by molar-refractivity contribution is -0.121. The molecule has 1 aromatic heterocycles. The molecule has 0 bridgehead atoms. The molecule has 3 N–H and O–H groups in total. The smallest absolute Gasteiger partial charge is 0.220 e. The van der Waals surface area contributed by atoms with E-state index in [9.17, 15) is 4.79 Å². The van der Waals surface area contributed by atoms with Crippen molar-refractivity contribution in [1.82, 2.24) is 20.8 Å². The number of aromatic nitrogens is 2. The van der Waals surface area contributed by atoms with Crippen LogP contribution in [-0.2, 0) is 11.3 Å². The highest BCUT2D eigenvalue weighted by atomic mass is 16.1. The van der Waals surface area contributed by atoms with Crippen molar-refractivity contribution in [3.8, 4) is 0 Å². The molecule has 0 aliphatic rings. The molecule has 0 fully saturated rings. The van der Waals surface area contributed by atoms with Crippen molar-refractivity contribution in [2.45, 2.75) is 39.3 Å². The highest BCUT2D eigenvalue weighted by Crippen LogP contribution is 1.93. The molecule has 0 radical (unpaired) electrons. The van der Waals surface area contributed by atoms with Gasteiger partial charge < -0.3 is 10.6 Å². The molecule has 1 rings (SSSR count). The summed E-state index contributed by atoms with van der Waals surface area (Å²) in [5, 5.41) is 12.7. The zero-order chi connectivity index (χ0) is 11.8. The fourth-order valence-corrected chi connectivity index (χ4v) is 1.31. The second-order valence-corrected chi connectivity index (χ2v) is 4.07. The molecule has 90 valence electrons. The molecular weight excluding hydrogens is 204 g/mol. The lowest BCUT2D eigenvalue weighted by atomic mass is 10.2. The van der Waals surface area contributed by atoms with Crippen LogP contribution in [-0.4, -0.2) is 28.7 Å². The summed E-state index contributed by atoms with van der Waals surface area (Å²) in [6, 6.07) is 2.33. The van der Waals surface area contributed by atoms with Gasteiger partial charge in [-0.25, -0.2) is 0 Å². The van der Waals surface area contributed by atoms with Crippen molar-refractivity contribution in [1.29, 1.82) is 0 Å². The van der Waals surface area contributed by atoms with E-state index in [4.69, 9.17) is 0 Å². The summed E-state index contributed by atoms with van der Waals surface area (Å²) >= 11 is 0. The molecule has 0 saturated carbocycles. The number of amides is 1. The van der Waals surface area contributed by atoms with Gasteiger partial charge in [0.25, 0.3) is 0 Å². The van der Waals surface area contributed by atoms with Crippen LogP contribution in [0.2, 0.25) is 0 Å². The van der Waals surface area contributed by atoms with E-state index in [1.807, 2.05) is 6.07 Å². The number of hydrogen-bond acceptors (Lipinski definition) is 3. The van der Waals surface area contributed by atoms with Gasteiger partial charge in [0.1, 0.15) is 0 Å². The van der Waals surface area contributed by atoms with E-state index in [-0.39, 0.29) is 5.91 Å². The summed E-state index contributed by atoms with van der Waals surface area (Å²) in [5.41, 5.74) is 0.925. The summed E-state index contributed by atoms with van der Waals surface area (Å²) in [7, 11) is 0. The van der Waals surface area contributed by atoms with Gasteiger partial charge in [-0.1, -0.05) is 13.8 Å². The van der Waals surface area contributed by atoms with E-state index in [2.05, 4.69) is 34.7 Å². The minimum Gasteiger partial charge on any atom is -0.350 e. The number of carbonyl (C=O) groups is 1. The van der Waals surface area contributed by atoms with Crippen LogP contribution < -0.4 is 10.6 Å². The molecule has 1 amide bonds. The molecule has 0 aliphatic heterocycles. The van der Waals surface area contributed by atoms with E-state index < -0.39 is 0 Å². The third-order valence-electron chi connectivity index (χ3n) is 2.17. The summed E-state index contributed by atoms with van der Waals surface area (Å²) in [5.74, 6) is 0.0835. The van der Waals surface area contributed by atoms with E-state index in [1.54, 1.807) is 6.20 Å². The zero-order valence-corrected chi connectivity index (χ0v) is 9.92. The Bertz CT molecular complexity index is 295. The van der Waals surface area contributed by atoms with Crippen molar-refractivity contribution in [2.24, 2.45) is 0 Å². The van der Waals surface area contributed by atoms with E-state index >= 15 is 0 Å². The van der Waals surface area contributed by atoms with Crippen molar-refractivity contribution in [3.05, 3.63) is 18.0 Å². The number of nitrogens with one attached hydrogen (secondary N) is 3. The Morgan fingerprint density at radius 3 is 3.00 bits per heavy atom. The molecule has 0 unspecified atom stereocenters. The van der Waals surface area contributed by atoms with Gasteiger partial charge in [0.05, 0.1) is 12.2 Å². The highest BCUT2D eigenvalue weighted by Gasteiger charge is 2.01. The first-order valence-corrected chi connectivity index (χ1v) is 5.67. The second kappa shape index (κ2) is 7.00. The molecular formula is C11H20N4O. The fourth-order valence-electron chi connectivity index (χ4n) is 1.31. The normalized spacial score (nSPS) is 10.7. The molecule has 0 saturated heterocycles. The van der Waals surface area contributed by atoms with E-state index in [0.29, 0.717) is 19.0 Å². The summed E-state index contributed by atoms with van der Waals surface area (Å²) in [4.78, 5) is 11.4. The predicted octanol–water partition coefficient (Wildman–Crippen LogP) is 0.804.